The highest BCUT2D eigenvalue weighted by Gasteiger charge is 2.40. The molecule has 5 aromatic carbocycles. The van der Waals surface area contributed by atoms with Gasteiger partial charge >= 0.3 is 0 Å². The van der Waals surface area contributed by atoms with Crippen LogP contribution in [0.2, 0.25) is 0 Å². The fourth-order valence-corrected chi connectivity index (χ4v) is 6.79. The summed E-state index contributed by atoms with van der Waals surface area (Å²) in [5, 5.41) is 2.50. The molecule has 7 aromatic rings. The quantitative estimate of drug-likeness (QED) is 0.214. The molecular formula is C39H27N5. The molecule has 2 aromatic heterocycles. The molecule has 0 fully saturated rings. The number of rotatable bonds is 4. The van der Waals surface area contributed by atoms with E-state index in [1.807, 2.05) is 36.4 Å². The molecule has 2 atom stereocenters. The van der Waals surface area contributed by atoms with E-state index in [9.17, 15) is 0 Å². The lowest BCUT2D eigenvalue weighted by Crippen LogP contribution is -2.30. The summed E-state index contributed by atoms with van der Waals surface area (Å²) in [6.45, 7) is 0. The highest BCUT2D eigenvalue weighted by atomic mass is 15.3. The number of aromatic nitrogens is 4. The largest absolute Gasteiger partial charge is 0.309 e. The minimum absolute atomic E-state index is 0.0487. The molecule has 9 rings (SSSR count). The van der Waals surface area contributed by atoms with Gasteiger partial charge in [-0.25, -0.2) is 4.98 Å². The van der Waals surface area contributed by atoms with E-state index in [1.54, 1.807) is 0 Å². The van der Waals surface area contributed by atoms with Gasteiger partial charge in [-0.15, -0.1) is 0 Å². The van der Waals surface area contributed by atoms with Crippen molar-refractivity contribution >= 4 is 33.4 Å². The van der Waals surface area contributed by atoms with Crippen molar-refractivity contribution < 1.29 is 0 Å². The van der Waals surface area contributed by atoms with Crippen molar-refractivity contribution in [2.24, 2.45) is 0 Å². The van der Waals surface area contributed by atoms with E-state index in [2.05, 4.69) is 125 Å². The molecule has 2 aliphatic rings. The van der Waals surface area contributed by atoms with Crippen LogP contribution in [0.15, 0.2) is 152 Å². The van der Waals surface area contributed by atoms with Crippen LogP contribution in [0.1, 0.15) is 11.5 Å². The second kappa shape index (κ2) is 9.89. The average Bonchev–Trinajstić information content (AvgIpc) is 3.60. The predicted octanol–water partition coefficient (Wildman–Crippen LogP) is 9.03. The Bertz CT molecular complexity index is 2180. The molecule has 2 unspecified atom stereocenters. The number of anilines is 2. The standard InChI is InChI=1S/C39H27N5/c1-4-14-26(15-5-1)37-40-38(27-16-6-2-7-17-27)42-39(41-37)44-34-23-13-11-21-30(34)32-24-31-29-20-10-12-22-33(29)43(35(31)25-36(32)44)28-18-8-3-9-19-28/h1-25,30,34H. The summed E-state index contributed by atoms with van der Waals surface area (Å²) in [5.74, 6) is 2.15. The van der Waals surface area contributed by atoms with Crippen LogP contribution in [-0.4, -0.2) is 25.6 Å². The summed E-state index contributed by atoms with van der Waals surface area (Å²) < 4.78 is 2.37. The van der Waals surface area contributed by atoms with Gasteiger partial charge in [0.2, 0.25) is 5.95 Å². The van der Waals surface area contributed by atoms with Gasteiger partial charge in [-0.2, -0.15) is 9.97 Å². The number of allylic oxidation sites excluding steroid dienone is 2. The number of benzene rings is 5. The number of para-hydroxylation sites is 2. The van der Waals surface area contributed by atoms with Crippen molar-refractivity contribution in [2.75, 3.05) is 4.90 Å². The third-order valence-electron chi connectivity index (χ3n) is 8.76. The van der Waals surface area contributed by atoms with E-state index in [-0.39, 0.29) is 12.0 Å². The Morgan fingerprint density at radius 2 is 1.14 bits per heavy atom. The molecule has 44 heavy (non-hydrogen) atoms. The van der Waals surface area contributed by atoms with Gasteiger partial charge < -0.3 is 9.47 Å². The van der Waals surface area contributed by atoms with Gasteiger partial charge in [0.15, 0.2) is 11.6 Å². The monoisotopic (exact) mass is 565 g/mol. The van der Waals surface area contributed by atoms with Gasteiger partial charge in [-0.3, -0.25) is 0 Å². The molecular weight excluding hydrogens is 538 g/mol. The van der Waals surface area contributed by atoms with Gasteiger partial charge in [0, 0.05) is 33.5 Å². The molecule has 0 saturated carbocycles. The Morgan fingerprint density at radius 3 is 1.84 bits per heavy atom. The zero-order chi connectivity index (χ0) is 29.0. The fraction of sp³-hybridized carbons (Fsp3) is 0.0513. The summed E-state index contributed by atoms with van der Waals surface area (Å²) in [6.07, 6.45) is 8.87. The lowest BCUT2D eigenvalue weighted by atomic mass is 9.91. The summed E-state index contributed by atoms with van der Waals surface area (Å²) in [5.41, 5.74) is 7.81. The maximum Gasteiger partial charge on any atom is 0.234 e. The second-order valence-electron chi connectivity index (χ2n) is 11.3. The van der Waals surface area contributed by atoms with Gasteiger partial charge in [-0.1, -0.05) is 121 Å². The smallest absolute Gasteiger partial charge is 0.234 e. The van der Waals surface area contributed by atoms with Crippen LogP contribution in [0.4, 0.5) is 11.6 Å². The molecule has 0 radical (unpaired) electrons. The fourth-order valence-electron chi connectivity index (χ4n) is 6.79. The number of hydrogen-bond acceptors (Lipinski definition) is 4. The molecule has 0 amide bonds. The van der Waals surface area contributed by atoms with E-state index >= 15 is 0 Å². The van der Waals surface area contributed by atoms with Crippen molar-refractivity contribution in [1.82, 2.24) is 19.5 Å². The number of hydrogen-bond donors (Lipinski definition) is 0. The Balaban J connectivity index is 1.32. The normalized spacial score (nSPS) is 16.9. The van der Waals surface area contributed by atoms with Gasteiger partial charge in [0.05, 0.1) is 22.8 Å². The highest BCUT2D eigenvalue weighted by molar-refractivity contribution is 6.11. The summed E-state index contributed by atoms with van der Waals surface area (Å²) in [4.78, 5) is 17.6. The second-order valence-corrected chi connectivity index (χ2v) is 11.3. The molecule has 0 spiro atoms. The number of fused-ring (bicyclic) bond motifs is 6. The molecule has 208 valence electrons. The lowest BCUT2D eigenvalue weighted by Gasteiger charge is -2.27. The van der Waals surface area contributed by atoms with Crippen LogP contribution in [0.25, 0.3) is 50.3 Å². The van der Waals surface area contributed by atoms with Crippen LogP contribution in [0, 0.1) is 0 Å². The molecule has 5 heteroatoms. The molecule has 0 N–H and O–H groups in total. The first-order valence-electron chi connectivity index (χ1n) is 15.0. The van der Waals surface area contributed by atoms with Crippen molar-refractivity contribution in [3.63, 3.8) is 0 Å². The van der Waals surface area contributed by atoms with E-state index in [0.29, 0.717) is 17.6 Å². The van der Waals surface area contributed by atoms with Gasteiger partial charge in [0.1, 0.15) is 0 Å². The molecule has 0 bridgehead atoms. The van der Waals surface area contributed by atoms with Crippen molar-refractivity contribution in [1.29, 1.82) is 0 Å². The predicted molar refractivity (Wildman–Crippen MR) is 178 cm³/mol. The lowest BCUT2D eigenvalue weighted by molar-refractivity contribution is 0.728. The van der Waals surface area contributed by atoms with E-state index in [0.717, 1.165) is 28.0 Å². The summed E-state index contributed by atoms with van der Waals surface area (Å²) >= 11 is 0. The van der Waals surface area contributed by atoms with E-state index < -0.39 is 0 Å². The SMILES string of the molecule is C1=CC2c3cc4c5ccccc5n(-c5ccccc5)c4cc3N(c3nc(-c4ccccc4)nc(-c4ccccc4)n3)C2C=C1. The third kappa shape index (κ3) is 3.83. The topological polar surface area (TPSA) is 46.8 Å². The third-order valence-corrected chi connectivity index (χ3v) is 8.76. The average molecular weight is 566 g/mol. The minimum Gasteiger partial charge on any atom is -0.309 e. The molecule has 5 nitrogen and oxygen atoms in total. The summed E-state index contributed by atoms with van der Waals surface area (Å²) in [7, 11) is 0. The first-order valence-corrected chi connectivity index (χ1v) is 15.0. The zero-order valence-electron chi connectivity index (χ0n) is 23.8. The number of nitrogens with zero attached hydrogens (tertiary/aromatic N) is 5. The zero-order valence-corrected chi connectivity index (χ0v) is 23.8. The first-order chi connectivity index (χ1) is 21.8. The molecule has 3 heterocycles. The Morgan fingerprint density at radius 1 is 0.523 bits per heavy atom. The molecule has 0 saturated heterocycles. The first kappa shape index (κ1) is 24.8. The minimum atomic E-state index is 0.0487. The van der Waals surface area contributed by atoms with Crippen LogP contribution < -0.4 is 4.90 Å². The van der Waals surface area contributed by atoms with E-state index in [4.69, 9.17) is 15.0 Å². The maximum absolute atomic E-state index is 5.14. The summed E-state index contributed by atoms with van der Waals surface area (Å²) in [6, 6.07) is 44.4. The van der Waals surface area contributed by atoms with Crippen molar-refractivity contribution in [2.45, 2.75) is 12.0 Å². The van der Waals surface area contributed by atoms with Crippen LogP contribution >= 0.6 is 0 Å². The Hall–Kier alpha value is -5.81. The van der Waals surface area contributed by atoms with Crippen molar-refractivity contribution in [3.8, 4) is 28.5 Å². The van der Waals surface area contributed by atoms with Crippen molar-refractivity contribution in [3.05, 3.63) is 157 Å². The van der Waals surface area contributed by atoms with Crippen LogP contribution in [0.5, 0.6) is 0 Å². The van der Waals surface area contributed by atoms with Crippen LogP contribution in [-0.2, 0) is 0 Å². The van der Waals surface area contributed by atoms with Crippen LogP contribution in [0.3, 0.4) is 0 Å². The van der Waals surface area contributed by atoms with Gasteiger partial charge in [0.25, 0.3) is 0 Å². The van der Waals surface area contributed by atoms with E-state index in [1.165, 1.54) is 21.9 Å². The Labute approximate surface area is 255 Å². The Kier molecular flexibility index (Phi) is 5.56. The highest BCUT2D eigenvalue weighted by Crippen LogP contribution is 2.50. The van der Waals surface area contributed by atoms with Gasteiger partial charge in [-0.05, 0) is 35.9 Å². The molecule has 1 aliphatic heterocycles. The maximum atomic E-state index is 5.14. The molecule has 1 aliphatic carbocycles.